The number of nitrogens with one attached hydrogen (secondary N) is 1. The number of aromatic nitrogens is 2. The van der Waals surface area contributed by atoms with Crippen molar-refractivity contribution in [2.24, 2.45) is 0 Å². The van der Waals surface area contributed by atoms with E-state index >= 15 is 0 Å². The maximum atomic E-state index is 12.7. The highest BCUT2D eigenvalue weighted by Crippen LogP contribution is 2.39. The van der Waals surface area contributed by atoms with Gasteiger partial charge in [0.15, 0.2) is 5.75 Å². The predicted octanol–water partition coefficient (Wildman–Crippen LogP) is 6.09. The molecular formula is C24H21N3O2S2. The molecule has 0 bridgehead atoms. The van der Waals surface area contributed by atoms with Gasteiger partial charge < -0.3 is 10.1 Å². The lowest BCUT2D eigenvalue weighted by atomic mass is 9.97. The van der Waals surface area contributed by atoms with Crippen molar-refractivity contribution in [1.82, 2.24) is 9.97 Å². The average Bonchev–Trinajstić information content (AvgIpc) is 3.19. The Morgan fingerprint density at radius 3 is 2.74 bits per heavy atom. The van der Waals surface area contributed by atoms with Crippen LogP contribution in [-0.4, -0.2) is 21.6 Å². The lowest BCUT2D eigenvalue weighted by Gasteiger charge is -2.13. The van der Waals surface area contributed by atoms with Gasteiger partial charge in [-0.05, 0) is 55.5 Å². The van der Waals surface area contributed by atoms with Crippen molar-refractivity contribution in [3.63, 3.8) is 0 Å². The Bertz CT molecular complexity index is 1220. The van der Waals surface area contributed by atoms with E-state index in [9.17, 15) is 4.79 Å². The van der Waals surface area contributed by atoms with Crippen LogP contribution in [0.1, 0.15) is 23.3 Å². The third-order valence-corrected chi connectivity index (χ3v) is 7.38. The minimum Gasteiger partial charge on any atom is -0.455 e. The van der Waals surface area contributed by atoms with Crippen molar-refractivity contribution in [3.8, 4) is 11.5 Å². The normalized spacial score (nSPS) is 13.0. The molecule has 31 heavy (non-hydrogen) atoms. The number of anilines is 1. The molecule has 2 aromatic carbocycles. The molecule has 1 N–H and O–H groups in total. The third-order valence-electron chi connectivity index (χ3n) is 5.19. The Kier molecular flexibility index (Phi) is 5.86. The number of aryl methyl sites for hydroxylation is 2. The van der Waals surface area contributed by atoms with Crippen molar-refractivity contribution >= 4 is 44.9 Å². The Morgan fingerprint density at radius 2 is 1.84 bits per heavy atom. The maximum Gasteiger partial charge on any atom is 0.234 e. The lowest BCUT2D eigenvalue weighted by Crippen LogP contribution is -2.14. The first kappa shape index (κ1) is 20.0. The smallest absolute Gasteiger partial charge is 0.234 e. The van der Waals surface area contributed by atoms with Gasteiger partial charge in [-0.1, -0.05) is 42.1 Å². The number of carbonyl (C=O) groups excluding carboxylic acids is 1. The van der Waals surface area contributed by atoms with Crippen LogP contribution < -0.4 is 10.1 Å². The van der Waals surface area contributed by atoms with Crippen LogP contribution in [0.4, 0.5) is 5.69 Å². The van der Waals surface area contributed by atoms with E-state index in [0.29, 0.717) is 11.4 Å². The van der Waals surface area contributed by atoms with Gasteiger partial charge in [-0.2, -0.15) is 0 Å². The van der Waals surface area contributed by atoms with Gasteiger partial charge in [0.05, 0.1) is 11.4 Å². The number of nitrogens with zero attached hydrogens (tertiary/aromatic N) is 2. The maximum absolute atomic E-state index is 12.7. The molecule has 156 valence electrons. The summed E-state index contributed by atoms with van der Waals surface area (Å²) in [4.78, 5) is 24.2. The number of fused-ring (bicyclic) bond motifs is 3. The molecule has 0 radical (unpaired) electrons. The topological polar surface area (TPSA) is 64.1 Å². The number of rotatable bonds is 6. The number of hydrogen-bond donors (Lipinski definition) is 1. The van der Waals surface area contributed by atoms with E-state index in [2.05, 4.69) is 15.3 Å². The zero-order chi connectivity index (χ0) is 21.0. The fourth-order valence-electron chi connectivity index (χ4n) is 3.77. The Morgan fingerprint density at radius 1 is 1.03 bits per heavy atom. The average molecular weight is 448 g/mol. The summed E-state index contributed by atoms with van der Waals surface area (Å²) < 4.78 is 5.94. The molecule has 0 spiro atoms. The van der Waals surface area contributed by atoms with Crippen molar-refractivity contribution in [2.45, 2.75) is 30.7 Å². The molecule has 5 nitrogen and oxygen atoms in total. The summed E-state index contributed by atoms with van der Waals surface area (Å²) in [5.74, 6) is 1.52. The molecule has 0 fully saturated rings. The number of ether oxygens (including phenoxy) is 1. The summed E-state index contributed by atoms with van der Waals surface area (Å²) in [7, 11) is 0. The van der Waals surface area contributed by atoms with Crippen LogP contribution in [0.2, 0.25) is 0 Å². The van der Waals surface area contributed by atoms with Gasteiger partial charge >= 0.3 is 0 Å². The van der Waals surface area contributed by atoms with E-state index < -0.39 is 0 Å². The molecule has 2 heterocycles. The number of amides is 1. The van der Waals surface area contributed by atoms with E-state index in [0.717, 1.165) is 33.8 Å². The number of thioether (sulfide) groups is 1. The number of thiophene rings is 1. The van der Waals surface area contributed by atoms with Crippen LogP contribution in [0.15, 0.2) is 66.0 Å². The van der Waals surface area contributed by atoms with Crippen LogP contribution in [0.3, 0.4) is 0 Å². The summed E-state index contributed by atoms with van der Waals surface area (Å²) in [6.45, 7) is 0. The number of para-hydroxylation sites is 3. The van der Waals surface area contributed by atoms with Crippen LogP contribution in [-0.2, 0) is 17.6 Å². The summed E-state index contributed by atoms with van der Waals surface area (Å²) >= 11 is 3.24. The predicted molar refractivity (Wildman–Crippen MR) is 126 cm³/mol. The molecule has 1 aliphatic rings. The van der Waals surface area contributed by atoms with Crippen LogP contribution in [0.5, 0.6) is 11.5 Å². The first-order chi connectivity index (χ1) is 15.3. The molecule has 0 atom stereocenters. The standard InChI is InChI=1S/C24H21N3O2S2/c28-21(27-18-11-5-6-12-19(18)29-16-8-2-1-3-9-16)14-30-23-22-17-10-4-7-13-20(17)31-24(22)26-15-25-23/h1-3,5-6,8-9,11-12,15H,4,7,10,13-14H2,(H,27,28). The Hall–Kier alpha value is -2.90. The van der Waals surface area contributed by atoms with Crippen LogP contribution in [0.25, 0.3) is 10.2 Å². The minimum atomic E-state index is -0.0926. The molecule has 1 aliphatic carbocycles. The van der Waals surface area contributed by atoms with E-state index in [1.165, 1.54) is 35.0 Å². The largest absolute Gasteiger partial charge is 0.455 e. The Balaban J connectivity index is 1.30. The molecule has 5 rings (SSSR count). The van der Waals surface area contributed by atoms with Gasteiger partial charge in [-0.15, -0.1) is 11.3 Å². The highest BCUT2D eigenvalue weighted by molar-refractivity contribution is 8.00. The molecule has 0 aliphatic heterocycles. The zero-order valence-corrected chi connectivity index (χ0v) is 18.5. The molecule has 1 amide bonds. The fourth-order valence-corrected chi connectivity index (χ4v) is 5.88. The SMILES string of the molecule is O=C(CSc1ncnc2sc3c(c12)CCCC3)Nc1ccccc1Oc1ccccc1. The lowest BCUT2D eigenvalue weighted by molar-refractivity contribution is -0.113. The molecule has 0 saturated carbocycles. The Labute approximate surface area is 188 Å². The first-order valence-corrected chi connectivity index (χ1v) is 12.1. The highest BCUT2D eigenvalue weighted by Gasteiger charge is 2.20. The van der Waals surface area contributed by atoms with Gasteiger partial charge in [-0.25, -0.2) is 9.97 Å². The van der Waals surface area contributed by atoms with Gasteiger partial charge in [0.25, 0.3) is 0 Å². The molecule has 2 aromatic heterocycles. The number of hydrogen-bond acceptors (Lipinski definition) is 6. The number of carbonyl (C=O) groups is 1. The second-order valence-corrected chi connectivity index (χ2v) is 9.37. The fraction of sp³-hybridized carbons (Fsp3) is 0.208. The van der Waals surface area contributed by atoms with E-state index in [4.69, 9.17) is 4.74 Å². The summed E-state index contributed by atoms with van der Waals surface area (Å²) in [6, 6.07) is 17.0. The van der Waals surface area contributed by atoms with Crippen molar-refractivity contribution < 1.29 is 9.53 Å². The third kappa shape index (κ3) is 4.43. The summed E-state index contributed by atoms with van der Waals surface area (Å²) in [6.07, 6.45) is 6.25. The quantitative estimate of drug-likeness (QED) is 0.286. The van der Waals surface area contributed by atoms with Crippen molar-refractivity contribution in [3.05, 3.63) is 71.4 Å². The second kappa shape index (κ2) is 9.08. The van der Waals surface area contributed by atoms with Gasteiger partial charge in [-0.3, -0.25) is 4.79 Å². The summed E-state index contributed by atoms with van der Waals surface area (Å²) in [5, 5.41) is 5.02. The monoisotopic (exact) mass is 447 g/mol. The first-order valence-electron chi connectivity index (χ1n) is 10.3. The molecule has 7 heteroatoms. The van der Waals surface area contributed by atoms with Crippen molar-refractivity contribution in [2.75, 3.05) is 11.1 Å². The summed E-state index contributed by atoms with van der Waals surface area (Å²) in [5.41, 5.74) is 2.04. The zero-order valence-electron chi connectivity index (χ0n) is 16.8. The minimum absolute atomic E-state index is 0.0926. The molecule has 0 saturated heterocycles. The van der Waals surface area contributed by atoms with E-state index in [-0.39, 0.29) is 11.7 Å². The van der Waals surface area contributed by atoms with E-state index in [1.807, 2.05) is 54.6 Å². The molecule has 4 aromatic rings. The van der Waals surface area contributed by atoms with E-state index in [1.54, 1.807) is 17.7 Å². The van der Waals surface area contributed by atoms with Gasteiger partial charge in [0.2, 0.25) is 5.91 Å². The van der Waals surface area contributed by atoms with Crippen LogP contribution in [0, 0.1) is 0 Å². The van der Waals surface area contributed by atoms with Crippen LogP contribution >= 0.6 is 23.1 Å². The van der Waals surface area contributed by atoms with Crippen molar-refractivity contribution in [1.29, 1.82) is 0 Å². The number of benzene rings is 2. The van der Waals surface area contributed by atoms with Gasteiger partial charge in [0.1, 0.15) is 21.9 Å². The highest BCUT2D eigenvalue weighted by atomic mass is 32.2. The molecular weight excluding hydrogens is 426 g/mol. The van der Waals surface area contributed by atoms with Gasteiger partial charge in [0, 0.05) is 10.3 Å². The second-order valence-electron chi connectivity index (χ2n) is 7.32. The molecule has 0 unspecified atom stereocenters.